The lowest BCUT2D eigenvalue weighted by Gasteiger charge is -2.39. The van der Waals surface area contributed by atoms with Crippen LogP contribution >= 0.6 is 11.3 Å². The van der Waals surface area contributed by atoms with Gasteiger partial charge >= 0.3 is 0 Å². The van der Waals surface area contributed by atoms with Gasteiger partial charge in [0, 0.05) is 29.1 Å². The highest BCUT2D eigenvalue weighted by Crippen LogP contribution is 2.38. The van der Waals surface area contributed by atoms with Crippen molar-refractivity contribution < 1.29 is 9.53 Å². The van der Waals surface area contributed by atoms with Crippen LogP contribution in [0.1, 0.15) is 34.9 Å². The van der Waals surface area contributed by atoms with Crippen molar-refractivity contribution in [3.8, 4) is 0 Å². The number of nitrogens with one attached hydrogen (secondary N) is 1. The zero-order chi connectivity index (χ0) is 17.5. The summed E-state index contributed by atoms with van der Waals surface area (Å²) in [5.41, 5.74) is 2.80. The van der Waals surface area contributed by atoms with Crippen LogP contribution in [0.4, 0.5) is 5.69 Å². The second kappa shape index (κ2) is 6.41. The van der Waals surface area contributed by atoms with E-state index in [-0.39, 0.29) is 18.2 Å². The third kappa shape index (κ3) is 2.59. The van der Waals surface area contributed by atoms with Crippen molar-refractivity contribution >= 4 is 33.0 Å². The molecule has 0 saturated carbocycles. The minimum absolute atomic E-state index is 0.0788. The van der Waals surface area contributed by atoms with E-state index in [9.17, 15) is 4.79 Å². The Morgan fingerprint density at radius 1 is 1.15 bits per heavy atom. The number of anilines is 1. The zero-order valence-electron chi connectivity index (χ0n) is 14.4. The number of fused-ring (bicyclic) bond motifs is 2. The fourth-order valence-electron chi connectivity index (χ4n) is 3.94. The highest BCUT2D eigenvalue weighted by atomic mass is 32.1. The Labute approximate surface area is 156 Å². The smallest absolute Gasteiger partial charge is 0.257 e. The van der Waals surface area contributed by atoms with Crippen LogP contribution in [0.2, 0.25) is 0 Å². The van der Waals surface area contributed by atoms with Gasteiger partial charge in [-0.25, -0.2) is 0 Å². The van der Waals surface area contributed by atoms with E-state index in [1.54, 1.807) is 11.3 Å². The Morgan fingerprint density at radius 2 is 2.00 bits per heavy atom. The molecule has 0 unspecified atom stereocenters. The van der Waals surface area contributed by atoms with E-state index < -0.39 is 0 Å². The number of benzene rings is 2. The number of amides is 1. The highest BCUT2D eigenvalue weighted by Gasteiger charge is 2.36. The van der Waals surface area contributed by atoms with Crippen molar-refractivity contribution in [1.29, 1.82) is 0 Å². The normalized spacial score (nSPS) is 22.5. The SMILES string of the molecule is O=C1c2ccccc2N[C@H](c2csc3ccccc23)N1C[C@H]1CCCO1. The molecular weight excluding hydrogens is 344 g/mol. The Morgan fingerprint density at radius 3 is 2.88 bits per heavy atom. The Bertz CT molecular complexity index is 961. The van der Waals surface area contributed by atoms with Crippen LogP contribution in [0.3, 0.4) is 0 Å². The second-order valence-electron chi connectivity index (χ2n) is 6.87. The van der Waals surface area contributed by atoms with Crippen LogP contribution in [0.5, 0.6) is 0 Å². The van der Waals surface area contributed by atoms with Crippen molar-refractivity contribution in [3.63, 3.8) is 0 Å². The molecule has 1 fully saturated rings. The van der Waals surface area contributed by atoms with Gasteiger partial charge in [0.05, 0.1) is 11.7 Å². The summed E-state index contributed by atoms with van der Waals surface area (Å²) < 4.78 is 7.07. The number of para-hydroxylation sites is 1. The van der Waals surface area contributed by atoms with Crippen LogP contribution in [0.15, 0.2) is 53.9 Å². The summed E-state index contributed by atoms with van der Waals surface area (Å²) >= 11 is 1.73. The predicted octanol–water partition coefficient (Wildman–Crippen LogP) is 4.65. The molecule has 3 heterocycles. The summed E-state index contributed by atoms with van der Waals surface area (Å²) in [7, 11) is 0. The quantitative estimate of drug-likeness (QED) is 0.736. The summed E-state index contributed by atoms with van der Waals surface area (Å²) in [5, 5.41) is 6.98. The van der Waals surface area contributed by atoms with Crippen molar-refractivity contribution in [1.82, 2.24) is 4.90 Å². The van der Waals surface area contributed by atoms with Gasteiger partial charge in [0.2, 0.25) is 0 Å². The van der Waals surface area contributed by atoms with Gasteiger partial charge in [-0.1, -0.05) is 30.3 Å². The second-order valence-corrected chi connectivity index (χ2v) is 7.78. The average Bonchev–Trinajstić information content (AvgIpc) is 3.34. The molecular formula is C21H20N2O2S. The van der Waals surface area contributed by atoms with Crippen LogP contribution < -0.4 is 5.32 Å². The fourth-order valence-corrected chi connectivity index (χ4v) is 4.92. The Balaban J connectivity index is 1.59. The molecule has 1 saturated heterocycles. The Kier molecular flexibility index (Phi) is 3.91. The van der Waals surface area contributed by atoms with E-state index in [1.807, 2.05) is 29.2 Å². The molecule has 26 heavy (non-hydrogen) atoms. The minimum Gasteiger partial charge on any atom is -0.376 e. The van der Waals surface area contributed by atoms with Crippen LogP contribution in [-0.2, 0) is 4.74 Å². The Hall–Kier alpha value is -2.37. The summed E-state index contributed by atoms with van der Waals surface area (Å²) in [6.45, 7) is 1.41. The molecule has 1 aromatic heterocycles. The van der Waals surface area contributed by atoms with Crippen molar-refractivity contribution in [3.05, 3.63) is 65.0 Å². The van der Waals surface area contributed by atoms with Crippen molar-refractivity contribution in [2.45, 2.75) is 25.1 Å². The average molecular weight is 364 g/mol. The molecule has 2 aliphatic heterocycles. The fraction of sp³-hybridized carbons (Fsp3) is 0.286. The number of carbonyl (C=O) groups is 1. The summed E-state index contributed by atoms with van der Waals surface area (Å²) in [6.07, 6.45) is 2.04. The number of thiophene rings is 1. The molecule has 2 aromatic carbocycles. The van der Waals surface area contributed by atoms with E-state index in [2.05, 4.69) is 35.0 Å². The highest BCUT2D eigenvalue weighted by molar-refractivity contribution is 7.17. The molecule has 0 radical (unpaired) electrons. The van der Waals surface area contributed by atoms with Crippen LogP contribution in [0.25, 0.3) is 10.1 Å². The van der Waals surface area contributed by atoms with Crippen molar-refractivity contribution in [2.24, 2.45) is 0 Å². The maximum Gasteiger partial charge on any atom is 0.257 e. The number of hydrogen-bond donors (Lipinski definition) is 1. The lowest BCUT2D eigenvalue weighted by atomic mass is 10.0. The molecule has 132 valence electrons. The molecule has 2 aliphatic rings. The number of rotatable bonds is 3. The maximum atomic E-state index is 13.3. The number of nitrogens with zero attached hydrogens (tertiary/aromatic N) is 1. The van der Waals surface area contributed by atoms with Gasteiger partial charge in [0.15, 0.2) is 0 Å². The number of hydrogen-bond acceptors (Lipinski definition) is 4. The van der Waals surface area contributed by atoms with Gasteiger partial charge in [-0.3, -0.25) is 4.79 Å². The molecule has 5 heteroatoms. The first-order valence-electron chi connectivity index (χ1n) is 9.05. The van der Waals surface area contributed by atoms with E-state index in [0.717, 1.165) is 36.3 Å². The largest absolute Gasteiger partial charge is 0.376 e. The van der Waals surface area contributed by atoms with E-state index in [0.29, 0.717) is 6.54 Å². The molecule has 0 bridgehead atoms. The molecule has 4 nitrogen and oxygen atoms in total. The third-order valence-electron chi connectivity index (χ3n) is 5.25. The lowest BCUT2D eigenvalue weighted by Crippen LogP contribution is -2.46. The minimum atomic E-state index is -0.169. The number of carbonyl (C=O) groups excluding carboxylic acids is 1. The van der Waals surface area contributed by atoms with Crippen molar-refractivity contribution in [2.75, 3.05) is 18.5 Å². The summed E-state index contributed by atoms with van der Waals surface area (Å²) in [5.74, 6) is 0.0788. The standard InChI is InChI=1S/C21H20N2O2S/c24-21-16-8-1-3-9-18(16)22-20(23(21)12-14-6-5-11-25-14)17-13-26-19-10-4-2-7-15(17)19/h1-4,7-10,13-14,20,22H,5-6,11-12H2/t14-,20+/m1/s1. The monoisotopic (exact) mass is 364 g/mol. The van der Waals surface area contributed by atoms with Crippen LogP contribution in [0, 0.1) is 0 Å². The van der Waals surface area contributed by atoms with Gasteiger partial charge in [-0.2, -0.15) is 0 Å². The molecule has 3 aromatic rings. The first-order chi connectivity index (χ1) is 12.8. The third-order valence-corrected chi connectivity index (χ3v) is 6.23. The van der Waals surface area contributed by atoms with Gasteiger partial charge in [-0.15, -0.1) is 11.3 Å². The number of ether oxygens (including phenoxy) is 1. The van der Waals surface area contributed by atoms with E-state index in [1.165, 1.54) is 10.1 Å². The summed E-state index contributed by atoms with van der Waals surface area (Å²) in [6, 6.07) is 16.2. The molecule has 1 amide bonds. The first-order valence-corrected chi connectivity index (χ1v) is 9.93. The van der Waals surface area contributed by atoms with E-state index >= 15 is 0 Å². The van der Waals surface area contributed by atoms with Crippen LogP contribution in [-0.4, -0.2) is 30.1 Å². The molecule has 2 atom stereocenters. The maximum absolute atomic E-state index is 13.3. The van der Waals surface area contributed by atoms with Gasteiger partial charge < -0.3 is 15.0 Å². The zero-order valence-corrected chi connectivity index (χ0v) is 15.2. The molecule has 1 N–H and O–H groups in total. The lowest BCUT2D eigenvalue weighted by molar-refractivity contribution is 0.0429. The summed E-state index contributed by atoms with van der Waals surface area (Å²) in [4.78, 5) is 15.2. The topological polar surface area (TPSA) is 41.6 Å². The predicted molar refractivity (Wildman–Crippen MR) is 105 cm³/mol. The van der Waals surface area contributed by atoms with E-state index in [4.69, 9.17) is 4.74 Å². The van der Waals surface area contributed by atoms with Gasteiger partial charge in [0.1, 0.15) is 6.17 Å². The first kappa shape index (κ1) is 15.9. The van der Waals surface area contributed by atoms with Gasteiger partial charge in [0.25, 0.3) is 5.91 Å². The van der Waals surface area contributed by atoms with Gasteiger partial charge in [-0.05, 0) is 41.8 Å². The molecule has 0 aliphatic carbocycles. The molecule has 5 rings (SSSR count). The molecule has 0 spiro atoms.